The molecule has 1 atom stereocenters. The first-order valence-electron chi connectivity index (χ1n) is 6.77. The van der Waals surface area contributed by atoms with Gasteiger partial charge >= 0.3 is 0 Å². The van der Waals surface area contributed by atoms with E-state index in [-0.39, 0.29) is 0 Å². The Morgan fingerprint density at radius 2 is 2.19 bits per heavy atom. The quantitative estimate of drug-likeness (QED) is 0.735. The van der Waals surface area contributed by atoms with E-state index in [0.29, 0.717) is 5.41 Å². The van der Waals surface area contributed by atoms with Crippen molar-refractivity contribution in [3.63, 3.8) is 0 Å². The second-order valence-corrected chi connectivity index (χ2v) is 5.51. The zero-order valence-electron chi connectivity index (χ0n) is 10.6. The van der Waals surface area contributed by atoms with Gasteiger partial charge in [0.05, 0.1) is 0 Å². The average molecular weight is 226 g/mol. The third-order valence-electron chi connectivity index (χ3n) is 4.12. The molecule has 94 valence electrons. The zero-order chi connectivity index (χ0) is 11.3. The Morgan fingerprint density at radius 3 is 2.94 bits per heavy atom. The Balaban J connectivity index is 1.78. The molecule has 0 aromatic heterocycles. The smallest absolute Gasteiger partial charge is 0.0474 e. The first-order chi connectivity index (χ1) is 7.85. The van der Waals surface area contributed by atoms with Gasteiger partial charge in [-0.2, -0.15) is 0 Å². The molecule has 0 aromatic rings. The highest BCUT2D eigenvalue weighted by atomic mass is 16.5. The average Bonchev–Trinajstić information content (AvgIpc) is 2.31. The van der Waals surface area contributed by atoms with Gasteiger partial charge in [-0.05, 0) is 50.6 Å². The van der Waals surface area contributed by atoms with Gasteiger partial charge < -0.3 is 15.0 Å². The van der Waals surface area contributed by atoms with Crippen molar-refractivity contribution in [2.45, 2.75) is 32.1 Å². The number of hydrogen-bond donors (Lipinski definition) is 1. The fourth-order valence-corrected chi connectivity index (χ4v) is 3.31. The maximum atomic E-state index is 5.13. The van der Waals surface area contributed by atoms with Gasteiger partial charge in [-0.3, -0.25) is 0 Å². The Hall–Kier alpha value is -0.120. The largest absolute Gasteiger partial charge is 0.385 e. The van der Waals surface area contributed by atoms with Crippen molar-refractivity contribution in [3.05, 3.63) is 0 Å². The molecule has 0 aromatic carbocycles. The van der Waals surface area contributed by atoms with Crippen molar-refractivity contribution in [3.8, 4) is 0 Å². The number of nitrogens with zero attached hydrogens (tertiary/aromatic N) is 1. The number of piperidine rings is 2. The van der Waals surface area contributed by atoms with Gasteiger partial charge in [0.15, 0.2) is 0 Å². The van der Waals surface area contributed by atoms with Gasteiger partial charge in [0.1, 0.15) is 0 Å². The molecule has 0 bridgehead atoms. The Labute approximate surface area is 99.5 Å². The van der Waals surface area contributed by atoms with Crippen LogP contribution < -0.4 is 5.32 Å². The van der Waals surface area contributed by atoms with Crippen molar-refractivity contribution in [2.75, 3.05) is 46.4 Å². The molecule has 0 aliphatic carbocycles. The van der Waals surface area contributed by atoms with Crippen LogP contribution in [0, 0.1) is 5.41 Å². The molecule has 2 saturated heterocycles. The van der Waals surface area contributed by atoms with Gasteiger partial charge in [0.2, 0.25) is 0 Å². The summed E-state index contributed by atoms with van der Waals surface area (Å²) in [4.78, 5) is 2.65. The summed E-state index contributed by atoms with van der Waals surface area (Å²) in [5.74, 6) is 0. The minimum Gasteiger partial charge on any atom is -0.385 e. The number of hydrogen-bond acceptors (Lipinski definition) is 3. The van der Waals surface area contributed by atoms with E-state index in [1.165, 1.54) is 64.8 Å². The van der Waals surface area contributed by atoms with Crippen LogP contribution in [-0.4, -0.2) is 51.3 Å². The fraction of sp³-hybridized carbons (Fsp3) is 1.00. The van der Waals surface area contributed by atoms with Gasteiger partial charge in [-0.1, -0.05) is 0 Å². The molecule has 2 fully saturated rings. The highest BCUT2D eigenvalue weighted by Gasteiger charge is 2.35. The minimum atomic E-state index is 0.601. The predicted molar refractivity (Wildman–Crippen MR) is 66.7 cm³/mol. The lowest BCUT2D eigenvalue weighted by Gasteiger charge is -2.45. The summed E-state index contributed by atoms with van der Waals surface area (Å²) in [6.45, 7) is 7.20. The monoisotopic (exact) mass is 226 g/mol. The molecular formula is C13H26N2O. The highest BCUT2D eigenvalue weighted by Crippen LogP contribution is 2.35. The van der Waals surface area contributed by atoms with Crippen molar-refractivity contribution in [2.24, 2.45) is 5.41 Å². The maximum absolute atomic E-state index is 5.13. The fourth-order valence-electron chi connectivity index (χ4n) is 3.31. The molecular weight excluding hydrogens is 200 g/mol. The summed E-state index contributed by atoms with van der Waals surface area (Å²) < 4.78 is 5.13. The van der Waals surface area contributed by atoms with Crippen LogP contribution in [0.15, 0.2) is 0 Å². The molecule has 0 amide bonds. The molecule has 1 N–H and O–H groups in total. The minimum absolute atomic E-state index is 0.601. The van der Waals surface area contributed by atoms with Crippen LogP contribution in [0.1, 0.15) is 32.1 Å². The third kappa shape index (κ3) is 3.19. The van der Waals surface area contributed by atoms with Crippen molar-refractivity contribution < 1.29 is 4.74 Å². The van der Waals surface area contributed by atoms with E-state index in [2.05, 4.69) is 10.2 Å². The Kier molecular flexibility index (Phi) is 4.62. The van der Waals surface area contributed by atoms with Crippen molar-refractivity contribution in [1.82, 2.24) is 10.2 Å². The van der Waals surface area contributed by atoms with Crippen LogP contribution in [0.5, 0.6) is 0 Å². The first kappa shape index (κ1) is 12.3. The summed E-state index contributed by atoms with van der Waals surface area (Å²) >= 11 is 0. The van der Waals surface area contributed by atoms with E-state index in [4.69, 9.17) is 4.74 Å². The third-order valence-corrected chi connectivity index (χ3v) is 4.12. The topological polar surface area (TPSA) is 24.5 Å². The number of methoxy groups -OCH3 is 1. The lowest BCUT2D eigenvalue weighted by Crippen LogP contribution is -2.51. The summed E-state index contributed by atoms with van der Waals surface area (Å²) in [5, 5.41) is 3.58. The van der Waals surface area contributed by atoms with Crippen LogP contribution in [0.25, 0.3) is 0 Å². The zero-order valence-corrected chi connectivity index (χ0v) is 10.6. The molecule has 2 rings (SSSR count). The molecule has 0 radical (unpaired) electrons. The summed E-state index contributed by atoms with van der Waals surface area (Å²) in [5.41, 5.74) is 0.601. The lowest BCUT2D eigenvalue weighted by atomic mass is 9.74. The van der Waals surface area contributed by atoms with Crippen molar-refractivity contribution >= 4 is 0 Å². The molecule has 3 nitrogen and oxygen atoms in total. The molecule has 1 unspecified atom stereocenters. The number of ether oxygens (including phenoxy) is 1. The van der Waals surface area contributed by atoms with Crippen LogP contribution >= 0.6 is 0 Å². The van der Waals surface area contributed by atoms with Gasteiger partial charge in [-0.25, -0.2) is 0 Å². The maximum Gasteiger partial charge on any atom is 0.0474 e. The molecule has 2 aliphatic heterocycles. The Bertz CT molecular complexity index is 197. The van der Waals surface area contributed by atoms with Crippen LogP contribution in [-0.2, 0) is 4.74 Å². The number of rotatable bonds is 4. The summed E-state index contributed by atoms with van der Waals surface area (Å²) in [6.07, 6.45) is 6.79. The molecule has 0 saturated carbocycles. The highest BCUT2D eigenvalue weighted by molar-refractivity contribution is 4.91. The normalized spacial score (nSPS) is 32.1. The van der Waals surface area contributed by atoms with E-state index in [1.807, 2.05) is 0 Å². The summed E-state index contributed by atoms with van der Waals surface area (Å²) in [6, 6.07) is 0. The lowest BCUT2D eigenvalue weighted by molar-refractivity contribution is 0.0585. The van der Waals surface area contributed by atoms with Gasteiger partial charge in [0.25, 0.3) is 0 Å². The number of nitrogens with one attached hydrogen (secondary N) is 1. The molecule has 16 heavy (non-hydrogen) atoms. The second kappa shape index (κ2) is 5.99. The standard InChI is InChI=1S/C13H26N2O/c1-16-10-4-9-15-8-3-6-13(12-15)5-2-7-14-11-13/h14H,2-12H2,1H3. The molecule has 2 heterocycles. The van der Waals surface area contributed by atoms with Crippen LogP contribution in [0.2, 0.25) is 0 Å². The van der Waals surface area contributed by atoms with E-state index < -0.39 is 0 Å². The van der Waals surface area contributed by atoms with E-state index >= 15 is 0 Å². The van der Waals surface area contributed by atoms with Gasteiger partial charge in [-0.15, -0.1) is 0 Å². The second-order valence-electron chi connectivity index (χ2n) is 5.51. The molecule has 1 spiro atoms. The first-order valence-corrected chi connectivity index (χ1v) is 6.77. The predicted octanol–water partition coefficient (Wildman–Crippen LogP) is 1.49. The van der Waals surface area contributed by atoms with Crippen molar-refractivity contribution in [1.29, 1.82) is 0 Å². The Morgan fingerprint density at radius 1 is 1.31 bits per heavy atom. The SMILES string of the molecule is COCCCN1CCCC2(CCCNC2)C1. The van der Waals surface area contributed by atoms with E-state index in [9.17, 15) is 0 Å². The summed E-state index contributed by atoms with van der Waals surface area (Å²) in [7, 11) is 1.79. The molecule has 3 heteroatoms. The number of likely N-dealkylation sites (tertiary alicyclic amines) is 1. The van der Waals surface area contributed by atoms with Crippen LogP contribution in [0.3, 0.4) is 0 Å². The molecule has 2 aliphatic rings. The van der Waals surface area contributed by atoms with E-state index in [0.717, 1.165) is 6.61 Å². The van der Waals surface area contributed by atoms with E-state index in [1.54, 1.807) is 7.11 Å². The van der Waals surface area contributed by atoms with Gasteiger partial charge in [0, 0.05) is 33.4 Å². The van der Waals surface area contributed by atoms with Crippen LogP contribution in [0.4, 0.5) is 0 Å².